The molecule has 1 aromatic rings. The summed E-state index contributed by atoms with van der Waals surface area (Å²) in [5, 5.41) is 11.0. The molecule has 1 atom stereocenters. The Morgan fingerprint density at radius 2 is 1.58 bits per heavy atom. The maximum Gasteiger partial charge on any atom is 0.411 e. The number of halogens is 3. The fourth-order valence-electron chi connectivity index (χ4n) is 5.34. The van der Waals surface area contributed by atoms with Crippen LogP contribution in [0.2, 0.25) is 0 Å². The van der Waals surface area contributed by atoms with Crippen LogP contribution in [0.1, 0.15) is 70.4 Å². The Balaban J connectivity index is 2.12. The monoisotopic (exact) mass is 510 g/mol. The molecule has 36 heavy (non-hydrogen) atoms. The molecule has 2 aliphatic rings. The number of aliphatic hydroxyl groups excluding tert-OH is 1. The second kappa shape index (κ2) is 10.00. The normalized spacial score (nSPS) is 21.6. The summed E-state index contributed by atoms with van der Waals surface area (Å²) in [5.74, 6) is -3.16. The van der Waals surface area contributed by atoms with Crippen molar-refractivity contribution in [3.8, 4) is 5.75 Å². The van der Waals surface area contributed by atoms with E-state index in [1.54, 1.807) is 6.07 Å². The highest BCUT2D eigenvalue weighted by Gasteiger charge is 2.48. The highest BCUT2D eigenvalue weighted by Crippen LogP contribution is 2.48. The molecule has 0 bridgehead atoms. The topological polar surface area (TPSA) is 89.9 Å². The van der Waals surface area contributed by atoms with E-state index in [9.17, 15) is 32.7 Å². The molecule has 0 amide bonds. The fraction of sp³-hybridized carbons (Fsp3) is 0.593. The smallest absolute Gasteiger partial charge is 0.411 e. The zero-order chi connectivity index (χ0) is 27.1. The third-order valence-electron chi connectivity index (χ3n) is 6.73. The van der Waals surface area contributed by atoms with E-state index >= 15 is 0 Å². The van der Waals surface area contributed by atoms with Crippen LogP contribution in [0.3, 0.4) is 0 Å². The van der Waals surface area contributed by atoms with Crippen molar-refractivity contribution in [1.82, 2.24) is 0 Å². The van der Waals surface area contributed by atoms with Gasteiger partial charge in [0.25, 0.3) is 0 Å². The second-order valence-corrected chi connectivity index (χ2v) is 11.4. The Morgan fingerprint density at radius 1 is 1.00 bits per heavy atom. The molecule has 2 aliphatic carbocycles. The van der Waals surface area contributed by atoms with E-state index in [1.165, 1.54) is 19.2 Å². The number of hydrogen-bond donors (Lipinski definition) is 1. The summed E-state index contributed by atoms with van der Waals surface area (Å²) in [4.78, 5) is 39.9. The van der Waals surface area contributed by atoms with Gasteiger partial charge in [-0.1, -0.05) is 33.8 Å². The molecule has 1 aromatic carbocycles. The first-order chi connectivity index (χ1) is 16.5. The van der Waals surface area contributed by atoms with Gasteiger partial charge in [0.05, 0.1) is 19.6 Å². The van der Waals surface area contributed by atoms with Crippen LogP contribution >= 0.6 is 0 Å². The van der Waals surface area contributed by atoms with Gasteiger partial charge in [-0.25, -0.2) is 0 Å². The average Bonchev–Trinajstić information content (AvgIpc) is 2.69. The summed E-state index contributed by atoms with van der Waals surface area (Å²) in [6.45, 7) is 5.43. The molecule has 0 unspecified atom stereocenters. The fourth-order valence-corrected chi connectivity index (χ4v) is 5.34. The molecule has 1 saturated carbocycles. The van der Waals surface area contributed by atoms with E-state index < -0.39 is 42.1 Å². The van der Waals surface area contributed by atoms with Gasteiger partial charge in [0.2, 0.25) is 0 Å². The first kappa shape index (κ1) is 27.9. The van der Waals surface area contributed by atoms with Crippen molar-refractivity contribution < 1.29 is 42.1 Å². The van der Waals surface area contributed by atoms with Gasteiger partial charge in [-0.15, -0.1) is 0 Å². The Morgan fingerprint density at radius 3 is 2.11 bits per heavy atom. The molecule has 0 spiro atoms. The van der Waals surface area contributed by atoms with Gasteiger partial charge in [0.15, 0.2) is 5.78 Å². The van der Waals surface area contributed by atoms with Gasteiger partial charge < -0.3 is 14.6 Å². The predicted molar refractivity (Wildman–Crippen MR) is 126 cm³/mol. The summed E-state index contributed by atoms with van der Waals surface area (Å²) < 4.78 is 48.0. The molecule has 0 radical (unpaired) electrons. The van der Waals surface area contributed by atoms with Crippen molar-refractivity contribution in [3.05, 3.63) is 40.7 Å². The van der Waals surface area contributed by atoms with Crippen LogP contribution in [0.5, 0.6) is 5.75 Å². The number of hydrogen-bond acceptors (Lipinski definition) is 6. The zero-order valence-electron chi connectivity index (χ0n) is 21.3. The number of ether oxygens (including phenoxy) is 2. The van der Waals surface area contributed by atoms with Gasteiger partial charge in [0, 0.05) is 42.7 Å². The Labute approximate surface area is 208 Å². The van der Waals surface area contributed by atoms with E-state index in [0.29, 0.717) is 5.56 Å². The number of alkyl halides is 3. The maximum absolute atomic E-state index is 13.3. The first-order valence-electron chi connectivity index (χ1n) is 11.9. The molecule has 9 heteroatoms. The maximum atomic E-state index is 13.3. The minimum atomic E-state index is -4.51. The van der Waals surface area contributed by atoms with Crippen molar-refractivity contribution in [2.24, 2.45) is 16.7 Å². The van der Waals surface area contributed by atoms with E-state index in [-0.39, 0.29) is 65.7 Å². The van der Waals surface area contributed by atoms with Crippen LogP contribution in [0.15, 0.2) is 29.5 Å². The van der Waals surface area contributed by atoms with Gasteiger partial charge in [-0.05, 0) is 28.5 Å². The number of carbonyl (C=O) groups excluding carboxylic acids is 3. The minimum absolute atomic E-state index is 0.0213. The minimum Gasteiger partial charge on any atom is -0.512 e. The molecule has 1 N–H and O–H groups in total. The van der Waals surface area contributed by atoms with Crippen molar-refractivity contribution in [3.63, 3.8) is 0 Å². The van der Waals surface area contributed by atoms with Crippen molar-refractivity contribution >= 4 is 17.3 Å². The highest BCUT2D eigenvalue weighted by molar-refractivity contribution is 6.09. The van der Waals surface area contributed by atoms with Crippen LogP contribution in [0, 0.1) is 16.7 Å². The van der Waals surface area contributed by atoms with Crippen molar-refractivity contribution in [2.45, 2.75) is 72.1 Å². The van der Waals surface area contributed by atoms with Crippen LogP contribution < -0.4 is 4.74 Å². The summed E-state index contributed by atoms with van der Waals surface area (Å²) in [5.41, 5.74) is -0.367. The van der Waals surface area contributed by atoms with E-state index in [4.69, 9.17) is 9.47 Å². The molecule has 6 nitrogen and oxygen atoms in total. The van der Waals surface area contributed by atoms with Crippen molar-refractivity contribution in [1.29, 1.82) is 0 Å². The lowest BCUT2D eigenvalue weighted by atomic mass is 9.62. The van der Waals surface area contributed by atoms with E-state index in [0.717, 1.165) is 0 Å². The lowest BCUT2D eigenvalue weighted by Crippen LogP contribution is -2.43. The van der Waals surface area contributed by atoms with E-state index in [1.807, 2.05) is 27.7 Å². The molecule has 3 rings (SSSR count). The molecular weight excluding hydrogens is 477 g/mol. The lowest BCUT2D eigenvalue weighted by molar-refractivity contribution is -0.176. The van der Waals surface area contributed by atoms with Gasteiger partial charge in [0.1, 0.15) is 29.7 Å². The second-order valence-electron chi connectivity index (χ2n) is 11.4. The molecule has 0 aromatic heterocycles. The Kier molecular flexibility index (Phi) is 7.75. The van der Waals surface area contributed by atoms with Gasteiger partial charge >= 0.3 is 6.18 Å². The predicted octanol–water partition coefficient (Wildman–Crippen LogP) is 5.63. The third kappa shape index (κ3) is 6.35. The summed E-state index contributed by atoms with van der Waals surface area (Å²) >= 11 is 0. The zero-order valence-corrected chi connectivity index (χ0v) is 21.3. The number of ketones is 3. The number of aliphatic hydroxyl groups is 1. The van der Waals surface area contributed by atoms with Crippen LogP contribution in [-0.4, -0.2) is 42.3 Å². The van der Waals surface area contributed by atoms with Crippen LogP contribution in [0.4, 0.5) is 13.2 Å². The number of benzene rings is 1. The van der Waals surface area contributed by atoms with Gasteiger partial charge in [-0.2, -0.15) is 13.2 Å². The van der Waals surface area contributed by atoms with Crippen molar-refractivity contribution in [2.75, 3.05) is 13.7 Å². The third-order valence-corrected chi connectivity index (χ3v) is 6.73. The largest absolute Gasteiger partial charge is 0.512 e. The number of methoxy groups -OCH3 is 1. The Bertz CT molecular complexity index is 1060. The molecule has 0 aliphatic heterocycles. The summed E-state index contributed by atoms with van der Waals surface area (Å²) in [6.07, 6.45) is -3.93. The highest BCUT2D eigenvalue weighted by atomic mass is 19.4. The van der Waals surface area contributed by atoms with Crippen LogP contribution in [-0.2, 0) is 25.7 Å². The quantitative estimate of drug-likeness (QED) is 0.478. The SMILES string of the molecule is COc1ccc([C@H](C2=C(O)CC(C)(C)CC2=O)C2C(=O)CC(C)(C)CC2=O)cc1COCC(F)(F)F. The molecule has 0 heterocycles. The Hall–Kier alpha value is -2.68. The number of Topliss-reactive ketones (excluding diaryl/α,β-unsaturated/α-hetero) is 3. The van der Waals surface area contributed by atoms with Gasteiger partial charge in [-0.3, -0.25) is 14.4 Å². The molecule has 1 fully saturated rings. The lowest BCUT2D eigenvalue weighted by Gasteiger charge is -2.39. The average molecular weight is 511 g/mol. The van der Waals surface area contributed by atoms with E-state index in [2.05, 4.69) is 0 Å². The number of rotatable bonds is 7. The molecular formula is C27H33F3O6. The summed E-state index contributed by atoms with van der Waals surface area (Å²) in [6, 6.07) is 4.57. The number of carbonyl (C=O) groups is 3. The molecule has 198 valence electrons. The first-order valence-corrected chi connectivity index (χ1v) is 11.9. The standard InChI is InChI=1S/C27H33F3O6/c1-25(2)9-17(31)23(18(32)10-25)22(24-19(33)11-26(3,4)12-20(24)34)15-6-7-21(35-5)16(8-15)13-36-14-27(28,29)30/h6-8,22-23,33H,9-14H2,1-5H3/t22-/m0/s1. The van der Waals surface area contributed by atoms with Crippen LogP contribution in [0.25, 0.3) is 0 Å². The number of allylic oxidation sites excluding steroid dienone is 2. The molecule has 0 saturated heterocycles. The summed E-state index contributed by atoms with van der Waals surface area (Å²) in [7, 11) is 1.36.